The van der Waals surface area contributed by atoms with Crippen molar-refractivity contribution in [3.8, 4) is 11.5 Å². The van der Waals surface area contributed by atoms with Crippen molar-refractivity contribution in [2.45, 2.75) is 17.1 Å². The SMILES string of the molecule is COc1ccc(/C=C(\NC(=O)c2ccccc2)C(=O)Nc2ccc(SC(C)C(=O)Nc3ccccc3Cl)cc2)cc1OC. The fourth-order valence-corrected chi connectivity index (χ4v) is 4.97. The average Bonchev–Trinajstić information content (AvgIpc) is 3.02. The quantitative estimate of drug-likeness (QED) is 0.125. The molecule has 1 unspecified atom stereocenters. The summed E-state index contributed by atoms with van der Waals surface area (Å²) in [7, 11) is 3.05. The van der Waals surface area contributed by atoms with Gasteiger partial charge in [0.05, 0.1) is 30.2 Å². The first-order valence-corrected chi connectivity index (χ1v) is 14.5. The van der Waals surface area contributed by atoms with Crippen LogP contribution in [0, 0.1) is 0 Å². The number of halogens is 1. The van der Waals surface area contributed by atoms with Crippen LogP contribution in [0.15, 0.2) is 108 Å². The van der Waals surface area contributed by atoms with Crippen molar-refractivity contribution in [3.05, 3.63) is 119 Å². The van der Waals surface area contributed by atoms with Crippen molar-refractivity contribution in [1.29, 1.82) is 0 Å². The molecule has 0 bridgehead atoms. The van der Waals surface area contributed by atoms with Gasteiger partial charge in [-0.25, -0.2) is 0 Å². The zero-order valence-corrected chi connectivity index (χ0v) is 25.3. The zero-order valence-electron chi connectivity index (χ0n) is 23.7. The van der Waals surface area contributed by atoms with Crippen molar-refractivity contribution >= 4 is 58.5 Å². The molecule has 1 atom stereocenters. The van der Waals surface area contributed by atoms with Gasteiger partial charge in [-0.15, -0.1) is 11.8 Å². The number of carbonyl (C=O) groups is 3. The number of thioether (sulfide) groups is 1. The summed E-state index contributed by atoms with van der Waals surface area (Å²) in [5, 5.41) is 8.45. The summed E-state index contributed by atoms with van der Waals surface area (Å²) >= 11 is 7.52. The molecule has 220 valence electrons. The highest BCUT2D eigenvalue weighted by Crippen LogP contribution is 2.29. The first-order valence-electron chi connectivity index (χ1n) is 13.2. The van der Waals surface area contributed by atoms with Crippen LogP contribution in [0.25, 0.3) is 6.08 Å². The van der Waals surface area contributed by atoms with E-state index in [1.165, 1.54) is 26.0 Å². The van der Waals surface area contributed by atoms with Gasteiger partial charge in [-0.3, -0.25) is 14.4 Å². The van der Waals surface area contributed by atoms with Crippen LogP contribution in [0.5, 0.6) is 11.5 Å². The Labute approximate surface area is 259 Å². The Morgan fingerprint density at radius 3 is 2.16 bits per heavy atom. The third-order valence-corrected chi connectivity index (χ3v) is 7.61. The molecule has 0 saturated carbocycles. The molecule has 0 heterocycles. The van der Waals surface area contributed by atoms with E-state index in [9.17, 15) is 14.4 Å². The smallest absolute Gasteiger partial charge is 0.272 e. The summed E-state index contributed by atoms with van der Waals surface area (Å²) in [4.78, 5) is 39.8. The number of hydrogen-bond donors (Lipinski definition) is 3. The summed E-state index contributed by atoms with van der Waals surface area (Å²) in [6.07, 6.45) is 1.56. The van der Waals surface area contributed by atoms with Gasteiger partial charge in [0, 0.05) is 16.1 Å². The van der Waals surface area contributed by atoms with E-state index < -0.39 is 17.1 Å². The highest BCUT2D eigenvalue weighted by Gasteiger charge is 2.18. The summed E-state index contributed by atoms with van der Waals surface area (Å²) in [5.74, 6) is -0.124. The number of hydrogen-bond acceptors (Lipinski definition) is 6. The lowest BCUT2D eigenvalue weighted by atomic mass is 10.1. The lowest BCUT2D eigenvalue weighted by molar-refractivity contribution is -0.115. The van der Waals surface area contributed by atoms with Crippen LogP contribution >= 0.6 is 23.4 Å². The van der Waals surface area contributed by atoms with E-state index in [-0.39, 0.29) is 11.6 Å². The van der Waals surface area contributed by atoms with Crippen LogP contribution in [0.4, 0.5) is 11.4 Å². The van der Waals surface area contributed by atoms with Crippen molar-refractivity contribution in [2.75, 3.05) is 24.9 Å². The molecule has 0 aromatic heterocycles. The van der Waals surface area contributed by atoms with Crippen LogP contribution in [0.1, 0.15) is 22.8 Å². The fraction of sp³-hybridized carbons (Fsp3) is 0.121. The van der Waals surface area contributed by atoms with Gasteiger partial charge >= 0.3 is 0 Å². The lowest BCUT2D eigenvalue weighted by Gasteiger charge is -2.14. The number of benzene rings is 4. The number of para-hydroxylation sites is 1. The molecule has 0 aliphatic rings. The predicted octanol–water partition coefficient (Wildman–Crippen LogP) is 6.89. The molecule has 0 saturated heterocycles. The molecule has 0 fully saturated rings. The van der Waals surface area contributed by atoms with E-state index in [1.807, 2.05) is 0 Å². The predicted molar refractivity (Wildman–Crippen MR) is 172 cm³/mol. The second kappa shape index (κ2) is 14.9. The maximum absolute atomic E-state index is 13.4. The highest BCUT2D eigenvalue weighted by molar-refractivity contribution is 8.00. The van der Waals surface area contributed by atoms with Crippen molar-refractivity contribution in [2.24, 2.45) is 0 Å². The van der Waals surface area contributed by atoms with Crippen LogP contribution in [-0.4, -0.2) is 37.2 Å². The molecular weight excluding hydrogens is 586 g/mol. The molecule has 0 spiro atoms. The Bertz CT molecular complexity index is 1630. The summed E-state index contributed by atoms with van der Waals surface area (Å²) < 4.78 is 10.7. The number of amides is 3. The molecule has 4 aromatic carbocycles. The minimum Gasteiger partial charge on any atom is -0.493 e. The Morgan fingerprint density at radius 2 is 1.49 bits per heavy atom. The van der Waals surface area contributed by atoms with Gasteiger partial charge in [0.1, 0.15) is 5.70 Å². The van der Waals surface area contributed by atoms with Crippen molar-refractivity contribution in [3.63, 3.8) is 0 Å². The molecule has 3 N–H and O–H groups in total. The summed E-state index contributed by atoms with van der Waals surface area (Å²) in [5.41, 5.74) is 2.12. The second-order valence-electron chi connectivity index (χ2n) is 9.20. The molecular formula is C33H30ClN3O5S. The molecule has 4 rings (SSSR count). The van der Waals surface area contributed by atoms with Crippen LogP contribution in [-0.2, 0) is 9.59 Å². The monoisotopic (exact) mass is 615 g/mol. The molecule has 43 heavy (non-hydrogen) atoms. The van der Waals surface area contributed by atoms with E-state index in [0.717, 1.165) is 4.90 Å². The lowest BCUT2D eigenvalue weighted by Crippen LogP contribution is -2.30. The number of methoxy groups -OCH3 is 2. The number of rotatable bonds is 11. The van der Waals surface area contributed by atoms with Gasteiger partial charge in [0.25, 0.3) is 11.8 Å². The number of nitrogens with one attached hydrogen (secondary N) is 3. The third-order valence-electron chi connectivity index (χ3n) is 6.17. The van der Waals surface area contributed by atoms with Gasteiger partial charge in [-0.05, 0) is 79.2 Å². The maximum Gasteiger partial charge on any atom is 0.272 e. The summed E-state index contributed by atoms with van der Waals surface area (Å²) in [6, 6.07) is 27.9. The molecule has 4 aromatic rings. The van der Waals surface area contributed by atoms with Gasteiger partial charge in [-0.2, -0.15) is 0 Å². The van der Waals surface area contributed by atoms with Crippen molar-refractivity contribution in [1.82, 2.24) is 5.32 Å². The largest absolute Gasteiger partial charge is 0.493 e. The highest BCUT2D eigenvalue weighted by atomic mass is 35.5. The van der Waals surface area contributed by atoms with Crippen LogP contribution in [0.2, 0.25) is 5.02 Å². The number of carbonyl (C=O) groups excluding carboxylic acids is 3. The van der Waals surface area contributed by atoms with E-state index in [2.05, 4.69) is 16.0 Å². The van der Waals surface area contributed by atoms with E-state index >= 15 is 0 Å². The van der Waals surface area contributed by atoms with Gasteiger partial charge < -0.3 is 25.4 Å². The number of anilines is 2. The van der Waals surface area contributed by atoms with Crippen LogP contribution in [0.3, 0.4) is 0 Å². The molecule has 0 aliphatic heterocycles. The van der Waals surface area contributed by atoms with Gasteiger partial charge in [0.15, 0.2) is 11.5 Å². The van der Waals surface area contributed by atoms with Gasteiger partial charge in [-0.1, -0.05) is 48.0 Å². The molecule has 10 heteroatoms. The maximum atomic E-state index is 13.4. The average molecular weight is 616 g/mol. The van der Waals surface area contributed by atoms with E-state index in [4.69, 9.17) is 21.1 Å². The Kier molecular flexibility index (Phi) is 10.9. The normalized spacial score (nSPS) is 11.7. The minimum atomic E-state index is -0.521. The molecule has 0 radical (unpaired) electrons. The third kappa shape index (κ3) is 8.64. The first-order chi connectivity index (χ1) is 20.8. The Hall–Kier alpha value is -4.73. The van der Waals surface area contributed by atoms with Gasteiger partial charge in [0.2, 0.25) is 5.91 Å². The molecule has 8 nitrogen and oxygen atoms in total. The first kappa shape index (κ1) is 31.2. The van der Waals surface area contributed by atoms with E-state index in [0.29, 0.717) is 39.0 Å². The second-order valence-corrected chi connectivity index (χ2v) is 11.0. The zero-order chi connectivity index (χ0) is 30.8. The minimum absolute atomic E-state index is 0.0318. The number of ether oxygens (including phenoxy) is 2. The standard InChI is InChI=1S/C33H30ClN3O5S/c1-21(31(38)36-27-12-8-7-11-26(27)34)43-25-16-14-24(15-17-25)35-33(40)28(37-32(39)23-9-5-4-6-10-23)19-22-13-18-29(41-2)30(20-22)42-3/h4-21H,1-3H3,(H,35,40)(H,36,38)(H,37,39)/b28-19-. The fourth-order valence-electron chi connectivity index (χ4n) is 3.92. The van der Waals surface area contributed by atoms with E-state index in [1.54, 1.807) is 110 Å². The topological polar surface area (TPSA) is 106 Å². The Morgan fingerprint density at radius 1 is 0.814 bits per heavy atom. The van der Waals surface area contributed by atoms with Crippen LogP contribution < -0.4 is 25.4 Å². The molecule has 3 amide bonds. The Balaban J connectivity index is 1.48. The van der Waals surface area contributed by atoms with Crippen molar-refractivity contribution < 1.29 is 23.9 Å². The summed E-state index contributed by atoms with van der Waals surface area (Å²) in [6.45, 7) is 1.80. The molecule has 0 aliphatic carbocycles.